The predicted octanol–water partition coefficient (Wildman–Crippen LogP) is 3.45. The number of halogens is 1. The number of hydrogen-bond donors (Lipinski definition) is 1. The molecule has 1 aromatic carbocycles. The van der Waals surface area contributed by atoms with Gasteiger partial charge in [-0.25, -0.2) is 4.39 Å². The third kappa shape index (κ3) is 5.71. The van der Waals surface area contributed by atoms with Gasteiger partial charge in [-0.05, 0) is 47.9 Å². The van der Waals surface area contributed by atoms with Crippen LogP contribution in [0, 0.1) is 11.7 Å². The van der Waals surface area contributed by atoms with Crippen LogP contribution in [-0.4, -0.2) is 53.8 Å². The maximum absolute atomic E-state index is 13.2. The second-order valence-corrected chi connectivity index (χ2v) is 9.54. The highest BCUT2D eigenvalue weighted by Crippen LogP contribution is 2.31. The van der Waals surface area contributed by atoms with Crippen LogP contribution in [-0.2, 0) is 22.6 Å². The van der Waals surface area contributed by atoms with Gasteiger partial charge in [0.05, 0.1) is 12.5 Å². The maximum atomic E-state index is 13.2. The summed E-state index contributed by atoms with van der Waals surface area (Å²) in [5.74, 6) is 0.307. The zero-order valence-corrected chi connectivity index (χ0v) is 18.6. The molecular weight excluding hydrogens is 413 g/mol. The second-order valence-electron chi connectivity index (χ2n) is 8.51. The summed E-state index contributed by atoms with van der Waals surface area (Å²) < 4.78 is 13.1. The van der Waals surface area contributed by atoms with E-state index in [9.17, 15) is 14.0 Å². The lowest BCUT2D eigenvalue weighted by Gasteiger charge is -2.40. The number of rotatable bonds is 7. The molecule has 1 saturated heterocycles. The van der Waals surface area contributed by atoms with Crippen molar-refractivity contribution < 1.29 is 14.0 Å². The Labute approximate surface area is 187 Å². The van der Waals surface area contributed by atoms with Crippen molar-refractivity contribution in [1.82, 2.24) is 15.1 Å². The van der Waals surface area contributed by atoms with E-state index in [2.05, 4.69) is 10.2 Å². The van der Waals surface area contributed by atoms with Crippen molar-refractivity contribution >= 4 is 23.2 Å². The number of benzene rings is 1. The molecule has 1 aliphatic heterocycles. The van der Waals surface area contributed by atoms with Crippen molar-refractivity contribution in [1.29, 1.82) is 0 Å². The minimum Gasteiger partial charge on any atom is -0.351 e. The van der Waals surface area contributed by atoms with E-state index in [1.807, 2.05) is 22.4 Å². The Hall–Kier alpha value is -2.25. The van der Waals surface area contributed by atoms with E-state index in [0.29, 0.717) is 32.0 Å². The minimum atomic E-state index is -0.273. The van der Waals surface area contributed by atoms with Gasteiger partial charge in [-0.15, -0.1) is 11.3 Å². The van der Waals surface area contributed by atoms with Crippen molar-refractivity contribution in [3.8, 4) is 0 Å². The molecule has 2 aromatic rings. The fourth-order valence-corrected chi connectivity index (χ4v) is 5.47. The molecule has 1 saturated carbocycles. The second kappa shape index (κ2) is 10.4. The van der Waals surface area contributed by atoms with E-state index in [1.54, 1.807) is 23.5 Å². The molecule has 1 N–H and O–H groups in total. The van der Waals surface area contributed by atoms with E-state index in [-0.39, 0.29) is 23.7 Å². The lowest BCUT2D eigenvalue weighted by molar-refractivity contribution is -0.134. The number of thiophene rings is 1. The Balaban J connectivity index is 1.34. The van der Waals surface area contributed by atoms with Crippen LogP contribution < -0.4 is 5.32 Å². The van der Waals surface area contributed by atoms with Crippen LogP contribution in [0.5, 0.6) is 0 Å². The first-order valence-corrected chi connectivity index (χ1v) is 12.0. The highest BCUT2D eigenvalue weighted by molar-refractivity contribution is 7.10. The topological polar surface area (TPSA) is 52.7 Å². The molecule has 31 heavy (non-hydrogen) atoms. The summed E-state index contributed by atoms with van der Waals surface area (Å²) in [5.41, 5.74) is 0.893. The molecule has 5 nitrogen and oxygen atoms in total. The lowest BCUT2D eigenvalue weighted by atomic mass is 9.95. The minimum absolute atomic E-state index is 0.0505. The molecule has 2 fully saturated rings. The van der Waals surface area contributed by atoms with Crippen molar-refractivity contribution in [2.45, 2.75) is 44.7 Å². The molecule has 2 aliphatic rings. The van der Waals surface area contributed by atoms with Gasteiger partial charge in [-0.3, -0.25) is 14.5 Å². The highest BCUT2D eigenvalue weighted by atomic mass is 32.1. The molecule has 1 aliphatic carbocycles. The molecule has 0 bridgehead atoms. The number of amides is 2. The van der Waals surface area contributed by atoms with Gasteiger partial charge in [0.25, 0.3) is 0 Å². The quantitative estimate of drug-likeness (QED) is 0.713. The molecular formula is C24H30FN3O2S. The first-order valence-electron chi connectivity index (χ1n) is 11.2. The fraction of sp³-hybridized carbons (Fsp3) is 0.500. The van der Waals surface area contributed by atoms with Crippen molar-refractivity contribution in [3.63, 3.8) is 0 Å². The van der Waals surface area contributed by atoms with Gasteiger partial charge in [0.1, 0.15) is 5.82 Å². The number of carbonyl (C=O) groups is 2. The average Bonchev–Trinajstić information content (AvgIpc) is 3.49. The first-order chi connectivity index (χ1) is 15.1. The van der Waals surface area contributed by atoms with Crippen LogP contribution in [0.25, 0.3) is 0 Å². The van der Waals surface area contributed by atoms with Crippen LogP contribution >= 0.6 is 11.3 Å². The molecule has 1 atom stereocenters. The number of carbonyl (C=O) groups excluding carboxylic acids is 2. The smallest absolute Gasteiger partial charge is 0.237 e. The van der Waals surface area contributed by atoms with Gasteiger partial charge in [0.2, 0.25) is 11.8 Å². The average molecular weight is 444 g/mol. The zero-order valence-electron chi connectivity index (χ0n) is 17.8. The summed E-state index contributed by atoms with van der Waals surface area (Å²) in [5, 5.41) is 5.07. The van der Waals surface area contributed by atoms with E-state index in [4.69, 9.17) is 0 Å². The van der Waals surface area contributed by atoms with Crippen molar-refractivity contribution in [2.24, 2.45) is 5.92 Å². The molecule has 0 radical (unpaired) electrons. The van der Waals surface area contributed by atoms with Crippen molar-refractivity contribution in [3.05, 3.63) is 58.0 Å². The van der Waals surface area contributed by atoms with Gasteiger partial charge in [0.15, 0.2) is 0 Å². The number of nitrogens with zero attached hydrogens (tertiary/aromatic N) is 2. The normalized spacial score (nSPS) is 18.8. The highest BCUT2D eigenvalue weighted by Gasteiger charge is 2.37. The van der Waals surface area contributed by atoms with Gasteiger partial charge in [-0.1, -0.05) is 31.0 Å². The third-order valence-corrected chi connectivity index (χ3v) is 7.34. The first kappa shape index (κ1) is 22.0. The van der Waals surface area contributed by atoms with Gasteiger partial charge < -0.3 is 10.2 Å². The van der Waals surface area contributed by atoms with E-state index in [1.165, 1.54) is 25.0 Å². The summed E-state index contributed by atoms with van der Waals surface area (Å²) in [6.45, 7) is 3.18. The van der Waals surface area contributed by atoms with Crippen LogP contribution in [0.15, 0.2) is 41.8 Å². The number of piperazine rings is 1. The summed E-state index contributed by atoms with van der Waals surface area (Å²) >= 11 is 1.61. The van der Waals surface area contributed by atoms with Crippen LogP contribution in [0.4, 0.5) is 4.39 Å². The third-order valence-electron chi connectivity index (χ3n) is 6.46. The molecule has 7 heteroatoms. The molecule has 4 rings (SSSR count). The summed E-state index contributed by atoms with van der Waals surface area (Å²) in [4.78, 5) is 31.1. The molecule has 166 valence electrons. The van der Waals surface area contributed by atoms with Gasteiger partial charge >= 0.3 is 0 Å². The lowest BCUT2D eigenvalue weighted by Crippen LogP contribution is -2.58. The Kier molecular flexibility index (Phi) is 7.35. The zero-order chi connectivity index (χ0) is 21.6. The van der Waals surface area contributed by atoms with Gasteiger partial charge in [-0.2, -0.15) is 0 Å². The van der Waals surface area contributed by atoms with Crippen LogP contribution in [0.2, 0.25) is 0 Å². The van der Waals surface area contributed by atoms with E-state index < -0.39 is 0 Å². The molecule has 1 aromatic heterocycles. The van der Waals surface area contributed by atoms with E-state index in [0.717, 1.165) is 36.4 Å². The standard InChI is InChI=1S/C24H30FN3O2S/c25-20-9-7-18(8-10-20)17-26-24(30)23(19-4-1-2-5-19)28-13-11-27(12-14-28)22(29)16-21-6-3-15-31-21/h3,6-10,15,19,23H,1-2,4-5,11-14,16-17H2,(H,26,30). The summed E-state index contributed by atoms with van der Waals surface area (Å²) in [6.07, 6.45) is 4.96. The van der Waals surface area contributed by atoms with Crippen LogP contribution in [0.3, 0.4) is 0 Å². The van der Waals surface area contributed by atoms with Crippen LogP contribution in [0.1, 0.15) is 36.1 Å². The molecule has 2 heterocycles. The van der Waals surface area contributed by atoms with Gasteiger partial charge in [0, 0.05) is 37.6 Å². The monoisotopic (exact) mass is 443 g/mol. The molecule has 2 amide bonds. The Morgan fingerprint density at radius 2 is 1.77 bits per heavy atom. The summed E-state index contributed by atoms with van der Waals surface area (Å²) in [7, 11) is 0. The fourth-order valence-electron chi connectivity index (χ4n) is 4.77. The Morgan fingerprint density at radius 1 is 1.06 bits per heavy atom. The SMILES string of the molecule is O=C(NCc1ccc(F)cc1)C(C1CCCC1)N1CCN(C(=O)Cc2cccs2)CC1. The summed E-state index contributed by atoms with van der Waals surface area (Å²) in [6, 6.07) is 10.1. The predicted molar refractivity (Wildman–Crippen MR) is 120 cm³/mol. The van der Waals surface area contributed by atoms with E-state index >= 15 is 0 Å². The number of nitrogens with one attached hydrogen (secondary N) is 1. The largest absolute Gasteiger partial charge is 0.351 e. The Bertz CT molecular complexity index is 857. The molecule has 0 spiro atoms. The number of hydrogen-bond acceptors (Lipinski definition) is 4. The molecule has 1 unspecified atom stereocenters. The van der Waals surface area contributed by atoms with Crippen molar-refractivity contribution in [2.75, 3.05) is 26.2 Å². The Morgan fingerprint density at radius 3 is 2.42 bits per heavy atom. The maximum Gasteiger partial charge on any atom is 0.237 e.